The fourth-order valence-corrected chi connectivity index (χ4v) is 1.78. The summed E-state index contributed by atoms with van der Waals surface area (Å²) >= 11 is 0. The van der Waals surface area contributed by atoms with Gasteiger partial charge in [-0.2, -0.15) is 0 Å². The van der Waals surface area contributed by atoms with E-state index < -0.39 is 11.7 Å². The number of aliphatic hydroxyl groups is 4. The molecule has 0 aliphatic carbocycles. The maximum Gasteiger partial charge on any atom is 0.224 e. The van der Waals surface area contributed by atoms with Gasteiger partial charge in [0.2, 0.25) is 11.7 Å². The van der Waals surface area contributed by atoms with Crippen LogP contribution in [0.15, 0.2) is 24.8 Å². The molecule has 20 heavy (non-hydrogen) atoms. The van der Waals surface area contributed by atoms with Crippen molar-refractivity contribution in [2.24, 2.45) is 5.73 Å². The number of benzene rings is 1. The van der Waals surface area contributed by atoms with Crippen molar-refractivity contribution in [1.29, 1.82) is 0 Å². The van der Waals surface area contributed by atoms with Gasteiger partial charge in [-0.3, -0.25) is 5.73 Å². The van der Waals surface area contributed by atoms with Gasteiger partial charge in [0.25, 0.3) is 0 Å². The number of rotatable bonds is 6. The molecule has 0 radical (unpaired) electrons. The van der Waals surface area contributed by atoms with E-state index in [2.05, 4.69) is 6.58 Å². The van der Waals surface area contributed by atoms with Crippen molar-refractivity contribution in [2.75, 3.05) is 14.2 Å². The second-order valence-electron chi connectivity index (χ2n) is 4.35. The molecule has 0 aromatic heterocycles. The highest BCUT2D eigenvalue weighted by atomic mass is 16.5. The Bertz CT molecular complexity index is 492. The zero-order valence-corrected chi connectivity index (χ0v) is 11.3. The SMILES string of the molecule is C=CC(O)(O)c1cc(OC)c(CC(N)(O)O)cc1OC. The van der Waals surface area contributed by atoms with Gasteiger partial charge in [-0.15, -0.1) is 0 Å². The fourth-order valence-electron chi connectivity index (χ4n) is 1.78. The Hall–Kier alpha value is -1.64. The van der Waals surface area contributed by atoms with E-state index in [1.807, 2.05) is 0 Å². The molecule has 0 fully saturated rings. The van der Waals surface area contributed by atoms with Gasteiger partial charge in [-0.25, -0.2) is 0 Å². The van der Waals surface area contributed by atoms with Crippen molar-refractivity contribution < 1.29 is 29.9 Å². The number of hydrogen-bond acceptors (Lipinski definition) is 7. The Morgan fingerprint density at radius 1 is 1.15 bits per heavy atom. The predicted octanol–water partition coefficient (Wildman–Crippen LogP) is -0.833. The first-order valence-electron chi connectivity index (χ1n) is 5.72. The Morgan fingerprint density at radius 3 is 2.10 bits per heavy atom. The number of hydrogen-bond donors (Lipinski definition) is 5. The Kier molecular flexibility index (Phi) is 4.74. The van der Waals surface area contributed by atoms with Gasteiger partial charge in [0.1, 0.15) is 11.5 Å². The van der Waals surface area contributed by atoms with E-state index in [0.29, 0.717) is 5.56 Å². The maximum atomic E-state index is 9.83. The predicted molar refractivity (Wildman–Crippen MR) is 70.9 cm³/mol. The first-order chi connectivity index (χ1) is 9.14. The van der Waals surface area contributed by atoms with Gasteiger partial charge < -0.3 is 29.9 Å². The monoisotopic (exact) mass is 285 g/mol. The molecule has 7 heteroatoms. The molecule has 1 aromatic carbocycles. The highest BCUT2D eigenvalue weighted by molar-refractivity contribution is 5.49. The lowest BCUT2D eigenvalue weighted by atomic mass is 9.99. The minimum Gasteiger partial charge on any atom is -0.496 e. The number of methoxy groups -OCH3 is 2. The minimum absolute atomic E-state index is 0.00843. The van der Waals surface area contributed by atoms with Crippen LogP contribution in [0.1, 0.15) is 11.1 Å². The third kappa shape index (κ3) is 3.69. The van der Waals surface area contributed by atoms with Crippen molar-refractivity contribution in [3.05, 3.63) is 35.9 Å². The van der Waals surface area contributed by atoms with Gasteiger partial charge in [0, 0.05) is 12.0 Å². The molecule has 6 N–H and O–H groups in total. The molecule has 0 unspecified atom stereocenters. The lowest BCUT2D eigenvalue weighted by Gasteiger charge is -2.24. The third-order valence-electron chi connectivity index (χ3n) is 2.73. The van der Waals surface area contributed by atoms with E-state index in [0.717, 1.165) is 6.08 Å². The van der Waals surface area contributed by atoms with Crippen molar-refractivity contribution in [3.63, 3.8) is 0 Å². The Labute approximate surface area is 116 Å². The lowest BCUT2D eigenvalue weighted by Crippen LogP contribution is -2.41. The van der Waals surface area contributed by atoms with Crippen LogP contribution in [-0.2, 0) is 12.2 Å². The lowest BCUT2D eigenvalue weighted by molar-refractivity contribution is -0.153. The molecule has 0 atom stereocenters. The maximum absolute atomic E-state index is 9.83. The molecular formula is C13H19NO6. The molecule has 7 nitrogen and oxygen atoms in total. The average molecular weight is 285 g/mol. The van der Waals surface area contributed by atoms with Crippen LogP contribution >= 0.6 is 0 Å². The fraction of sp³-hybridized carbons (Fsp3) is 0.385. The second-order valence-corrected chi connectivity index (χ2v) is 4.35. The number of ether oxygens (including phenoxy) is 2. The standard InChI is InChI=1S/C13H19NO6/c1-4-12(15,16)9-6-10(19-2)8(5-11(9)20-3)7-13(14,17)18/h4-6,15-18H,1,7,14H2,2-3H3. The summed E-state index contributed by atoms with van der Waals surface area (Å²) < 4.78 is 10.1. The summed E-state index contributed by atoms with van der Waals surface area (Å²) in [4.78, 5) is 0. The highest BCUT2D eigenvalue weighted by Gasteiger charge is 2.29. The molecular weight excluding hydrogens is 266 g/mol. The summed E-state index contributed by atoms with van der Waals surface area (Å²) in [6.07, 6.45) is 0.597. The van der Waals surface area contributed by atoms with Crippen LogP contribution in [0.4, 0.5) is 0 Å². The topological polar surface area (TPSA) is 125 Å². The highest BCUT2D eigenvalue weighted by Crippen LogP contribution is 2.36. The second kappa shape index (κ2) is 5.78. The largest absolute Gasteiger partial charge is 0.496 e. The quantitative estimate of drug-likeness (QED) is 0.341. The van der Waals surface area contributed by atoms with Crippen LogP contribution in [0.2, 0.25) is 0 Å². The van der Waals surface area contributed by atoms with E-state index in [1.54, 1.807) is 0 Å². The van der Waals surface area contributed by atoms with Gasteiger partial charge in [-0.1, -0.05) is 6.58 Å². The van der Waals surface area contributed by atoms with E-state index in [-0.39, 0.29) is 23.5 Å². The third-order valence-corrected chi connectivity index (χ3v) is 2.73. The zero-order chi connectivity index (χ0) is 15.6. The van der Waals surface area contributed by atoms with Gasteiger partial charge in [0.15, 0.2) is 0 Å². The van der Waals surface area contributed by atoms with E-state index in [4.69, 9.17) is 15.2 Å². The van der Waals surface area contributed by atoms with Crippen molar-refractivity contribution >= 4 is 0 Å². The van der Waals surface area contributed by atoms with E-state index in [1.165, 1.54) is 26.4 Å². The van der Waals surface area contributed by atoms with Gasteiger partial charge in [-0.05, 0) is 18.2 Å². The van der Waals surface area contributed by atoms with E-state index >= 15 is 0 Å². The van der Waals surface area contributed by atoms with Crippen LogP contribution in [0.5, 0.6) is 11.5 Å². The molecule has 0 saturated carbocycles. The molecule has 0 bridgehead atoms. The Morgan fingerprint density at radius 2 is 1.70 bits per heavy atom. The normalized spacial score (nSPS) is 12.2. The molecule has 1 rings (SSSR count). The van der Waals surface area contributed by atoms with Crippen molar-refractivity contribution in [3.8, 4) is 11.5 Å². The number of nitrogens with two attached hydrogens (primary N) is 1. The van der Waals surface area contributed by atoms with Gasteiger partial charge >= 0.3 is 0 Å². The summed E-state index contributed by atoms with van der Waals surface area (Å²) in [7, 11) is 2.69. The first kappa shape index (κ1) is 16.4. The minimum atomic E-state index is -2.42. The van der Waals surface area contributed by atoms with Crippen molar-refractivity contribution in [1.82, 2.24) is 0 Å². The zero-order valence-electron chi connectivity index (χ0n) is 11.3. The summed E-state index contributed by atoms with van der Waals surface area (Å²) in [6.45, 7) is 3.33. The van der Waals surface area contributed by atoms with Crippen LogP contribution < -0.4 is 15.2 Å². The molecule has 0 spiro atoms. The molecule has 0 aliphatic rings. The van der Waals surface area contributed by atoms with Crippen molar-refractivity contribution in [2.45, 2.75) is 18.1 Å². The molecule has 0 heterocycles. The average Bonchev–Trinajstić information content (AvgIpc) is 2.36. The smallest absolute Gasteiger partial charge is 0.224 e. The molecule has 0 aliphatic heterocycles. The van der Waals surface area contributed by atoms with Crippen LogP contribution in [0, 0.1) is 0 Å². The molecule has 1 aromatic rings. The van der Waals surface area contributed by atoms with Gasteiger partial charge in [0.05, 0.1) is 19.8 Å². The molecule has 0 saturated heterocycles. The van der Waals surface area contributed by atoms with E-state index in [9.17, 15) is 20.4 Å². The summed E-state index contributed by atoms with van der Waals surface area (Å²) in [5.74, 6) is -4.41. The molecule has 112 valence electrons. The summed E-state index contributed by atoms with van der Waals surface area (Å²) in [6, 6.07) is 2.69. The van der Waals surface area contributed by atoms with Crippen LogP contribution in [-0.4, -0.2) is 40.6 Å². The van der Waals surface area contributed by atoms with Crippen LogP contribution in [0.3, 0.4) is 0 Å². The first-order valence-corrected chi connectivity index (χ1v) is 5.72. The summed E-state index contributed by atoms with van der Waals surface area (Å²) in [5.41, 5.74) is 5.47. The summed E-state index contributed by atoms with van der Waals surface area (Å²) in [5, 5.41) is 38.2. The molecule has 0 amide bonds. The Balaban J connectivity index is 3.42. The van der Waals surface area contributed by atoms with Crippen LogP contribution in [0.25, 0.3) is 0 Å².